The molecule has 0 aliphatic carbocycles. The number of nitrogens with zero attached hydrogens (tertiary/aromatic N) is 2. The summed E-state index contributed by atoms with van der Waals surface area (Å²) in [6.07, 6.45) is 4.55. The molecule has 0 saturated carbocycles. The summed E-state index contributed by atoms with van der Waals surface area (Å²) in [4.78, 5) is 17.1. The van der Waals surface area contributed by atoms with Crippen LogP contribution in [-0.4, -0.2) is 23.1 Å². The molecule has 0 aliphatic heterocycles. The minimum absolute atomic E-state index is 0.664. The van der Waals surface area contributed by atoms with Gasteiger partial charge in [-0.3, -0.25) is 4.98 Å². The highest BCUT2D eigenvalue weighted by atomic mass is 16.4. The Labute approximate surface area is 124 Å². The smallest absolute Gasteiger partial charge is 0.328 e. The van der Waals surface area contributed by atoms with Crippen molar-refractivity contribution in [3.8, 4) is 0 Å². The first-order chi connectivity index (χ1) is 10.1. The van der Waals surface area contributed by atoms with Gasteiger partial charge in [-0.15, -0.1) is 0 Å². The Bertz CT molecular complexity index is 651. The molecule has 108 valence electrons. The molecule has 4 nitrogen and oxygen atoms in total. The van der Waals surface area contributed by atoms with Crippen LogP contribution in [-0.2, 0) is 11.3 Å². The highest BCUT2D eigenvalue weighted by Gasteiger charge is 2.07. The van der Waals surface area contributed by atoms with E-state index in [1.807, 2.05) is 50.4 Å². The summed E-state index contributed by atoms with van der Waals surface area (Å²) in [6, 6.07) is 11.8. The van der Waals surface area contributed by atoms with Crippen molar-refractivity contribution >= 4 is 17.7 Å². The van der Waals surface area contributed by atoms with Gasteiger partial charge in [-0.2, -0.15) is 0 Å². The summed E-state index contributed by atoms with van der Waals surface area (Å²) < 4.78 is 0. The van der Waals surface area contributed by atoms with Crippen LogP contribution in [0, 0.1) is 6.92 Å². The molecule has 0 fully saturated rings. The number of hydrogen-bond acceptors (Lipinski definition) is 3. The predicted molar refractivity (Wildman–Crippen MR) is 84.2 cm³/mol. The lowest BCUT2D eigenvalue weighted by Crippen LogP contribution is -2.18. The van der Waals surface area contributed by atoms with E-state index >= 15 is 0 Å². The second kappa shape index (κ2) is 6.70. The zero-order valence-electron chi connectivity index (χ0n) is 12.2. The number of anilines is 1. The number of aliphatic carboxylic acids is 1. The Morgan fingerprint density at radius 2 is 2.14 bits per heavy atom. The van der Waals surface area contributed by atoms with Crippen LogP contribution >= 0.6 is 0 Å². The fraction of sp³-hybridized carbons (Fsp3) is 0.176. The molecule has 0 saturated heterocycles. The van der Waals surface area contributed by atoms with Gasteiger partial charge in [-0.25, -0.2) is 4.79 Å². The van der Waals surface area contributed by atoms with Gasteiger partial charge < -0.3 is 10.0 Å². The van der Waals surface area contributed by atoms with E-state index in [9.17, 15) is 4.79 Å². The van der Waals surface area contributed by atoms with E-state index in [1.165, 1.54) is 0 Å². The SMILES string of the molecule is Cc1ccc(N(C)Cc2ccccn2)c(/C=C/C(=O)O)c1. The monoisotopic (exact) mass is 282 g/mol. The molecule has 2 rings (SSSR count). The zero-order chi connectivity index (χ0) is 15.2. The molecule has 4 heteroatoms. The largest absolute Gasteiger partial charge is 0.478 e. The van der Waals surface area contributed by atoms with E-state index in [2.05, 4.69) is 9.88 Å². The topological polar surface area (TPSA) is 53.4 Å². The van der Waals surface area contributed by atoms with E-state index in [0.717, 1.165) is 28.6 Å². The normalized spacial score (nSPS) is 10.8. The highest BCUT2D eigenvalue weighted by Crippen LogP contribution is 2.23. The maximum atomic E-state index is 10.7. The highest BCUT2D eigenvalue weighted by molar-refractivity contribution is 5.87. The summed E-state index contributed by atoms with van der Waals surface area (Å²) in [5, 5.41) is 8.80. The van der Waals surface area contributed by atoms with E-state index in [1.54, 1.807) is 12.3 Å². The molecule has 0 radical (unpaired) electrons. The van der Waals surface area contributed by atoms with Crippen LogP contribution in [0.2, 0.25) is 0 Å². The van der Waals surface area contributed by atoms with Crippen molar-refractivity contribution in [3.05, 3.63) is 65.5 Å². The molecule has 2 aromatic rings. The Kier molecular flexibility index (Phi) is 4.72. The van der Waals surface area contributed by atoms with Crippen molar-refractivity contribution in [2.45, 2.75) is 13.5 Å². The molecular formula is C17H18N2O2. The van der Waals surface area contributed by atoms with E-state index in [0.29, 0.717) is 6.54 Å². The van der Waals surface area contributed by atoms with Gasteiger partial charge in [0.05, 0.1) is 12.2 Å². The minimum atomic E-state index is -0.949. The number of hydrogen-bond donors (Lipinski definition) is 1. The number of pyridine rings is 1. The van der Waals surface area contributed by atoms with Crippen LogP contribution in [0.4, 0.5) is 5.69 Å². The lowest BCUT2D eigenvalue weighted by atomic mass is 10.1. The Morgan fingerprint density at radius 3 is 2.81 bits per heavy atom. The van der Waals surface area contributed by atoms with Crippen LogP contribution in [0.15, 0.2) is 48.7 Å². The summed E-state index contributed by atoms with van der Waals surface area (Å²) in [6.45, 7) is 2.65. The molecule has 1 N–H and O–H groups in total. The first-order valence-corrected chi connectivity index (χ1v) is 6.69. The third kappa shape index (κ3) is 4.18. The maximum Gasteiger partial charge on any atom is 0.328 e. The first-order valence-electron chi connectivity index (χ1n) is 6.69. The average Bonchev–Trinajstić information content (AvgIpc) is 2.46. The van der Waals surface area contributed by atoms with Crippen molar-refractivity contribution in [1.82, 2.24) is 4.98 Å². The van der Waals surface area contributed by atoms with Crippen molar-refractivity contribution in [1.29, 1.82) is 0 Å². The predicted octanol–water partition coefficient (Wildman–Crippen LogP) is 3.12. The van der Waals surface area contributed by atoms with E-state index in [4.69, 9.17) is 5.11 Å². The molecule has 1 heterocycles. The fourth-order valence-corrected chi connectivity index (χ4v) is 2.14. The van der Waals surface area contributed by atoms with Crippen molar-refractivity contribution in [2.75, 3.05) is 11.9 Å². The zero-order valence-corrected chi connectivity index (χ0v) is 12.2. The summed E-state index contributed by atoms with van der Waals surface area (Å²) >= 11 is 0. The van der Waals surface area contributed by atoms with Crippen LogP contribution in [0.1, 0.15) is 16.8 Å². The summed E-state index contributed by atoms with van der Waals surface area (Å²) in [5.74, 6) is -0.949. The molecule has 0 unspecified atom stereocenters. The van der Waals surface area contributed by atoms with E-state index < -0.39 is 5.97 Å². The number of aromatic nitrogens is 1. The third-order valence-corrected chi connectivity index (χ3v) is 3.13. The maximum absolute atomic E-state index is 10.7. The quantitative estimate of drug-likeness (QED) is 0.856. The number of aryl methyl sites for hydroxylation is 1. The molecule has 21 heavy (non-hydrogen) atoms. The van der Waals surface area contributed by atoms with Gasteiger partial charge in [-0.1, -0.05) is 17.7 Å². The Balaban J connectivity index is 2.27. The van der Waals surface area contributed by atoms with Gasteiger partial charge in [0.1, 0.15) is 0 Å². The number of carboxylic acids is 1. The average molecular weight is 282 g/mol. The van der Waals surface area contributed by atoms with Gasteiger partial charge in [0.2, 0.25) is 0 Å². The van der Waals surface area contributed by atoms with Crippen LogP contribution in [0.3, 0.4) is 0 Å². The summed E-state index contributed by atoms with van der Waals surface area (Å²) in [7, 11) is 1.97. The standard InChI is InChI=1S/C17H18N2O2/c1-13-6-8-16(14(11-13)7-9-17(20)21)19(2)12-15-5-3-4-10-18-15/h3-11H,12H2,1-2H3,(H,20,21)/b9-7+. The van der Waals surface area contributed by atoms with Crippen LogP contribution < -0.4 is 4.90 Å². The first kappa shape index (κ1) is 14.8. The van der Waals surface area contributed by atoms with Crippen molar-refractivity contribution in [3.63, 3.8) is 0 Å². The molecule has 0 spiro atoms. The number of carbonyl (C=O) groups is 1. The van der Waals surface area contributed by atoms with Gasteiger partial charge in [0, 0.05) is 25.0 Å². The van der Waals surface area contributed by atoms with Gasteiger partial charge in [0.15, 0.2) is 0 Å². The number of carboxylic acid groups (broad SMARTS) is 1. The second-order valence-electron chi connectivity index (χ2n) is 4.91. The lowest BCUT2D eigenvalue weighted by molar-refractivity contribution is -0.131. The van der Waals surface area contributed by atoms with E-state index in [-0.39, 0.29) is 0 Å². The second-order valence-corrected chi connectivity index (χ2v) is 4.91. The van der Waals surface area contributed by atoms with Gasteiger partial charge >= 0.3 is 5.97 Å². The van der Waals surface area contributed by atoms with Gasteiger partial charge in [0.25, 0.3) is 0 Å². The fourth-order valence-electron chi connectivity index (χ4n) is 2.14. The van der Waals surface area contributed by atoms with Gasteiger partial charge in [-0.05, 0) is 42.8 Å². The molecule has 0 amide bonds. The molecule has 1 aromatic carbocycles. The van der Waals surface area contributed by atoms with Crippen LogP contribution in [0.5, 0.6) is 0 Å². The molecule has 0 bridgehead atoms. The van der Waals surface area contributed by atoms with Crippen LogP contribution in [0.25, 0.3) is 6.08 Å². The van der Waals surface area contributed by atoms with Crippen molar-refractivity contribution in [2.24, 2.45) is 0 Å². The molecule has 0 atom stereocenters. The minimum Gasteiger partial charge on any atom is -0.478 e. The summed E-state index contributed by atoms with van der Waals surface area (Å²) in [5.41, 5.74) is 3.92. The number of benzene rings is 1. The number of rotatable bonds is 5. The molecule has 0 aliphatic rings. The lowest BCUT2D eigenvalue weighted by Gasteiger charge is -2.21. The Hall–Kier alpha value is -2.62. The molecule has 1 aromatic heterocycles. The van der Waals surface area contributed by atoms with Crippen molar-refractivity contribution < 1.29 is 9.90 Å². The third-order valence-electron chi connectivity index (χ3n) is 3.13. The Morgan fingerprint density at radius 1 is 1.33 bits per heavy atom. The molecular weight excluding hydrogens is 264 g/mol.